The topological polar surface area (TPSA) is 57.7 Å². The third kappa shape index (κ3) is 2.53. The molecule has 1 aliphatic heterocycles. The van der Waals surface area contributed by atoms with Crippen LogP contribution in [0, 0.1) is 0 Å². The van der Waals surface area contributed by atoms with Crippen molar-refractivity contribution < 1.29 is 14.4 Å². The second kappa shape index (κ2) is 4.90. The predicted octanol–water partition coefficient (Wildman–Crippen LogP) is -0.145. The van der Waals surface area contributed by atoms with Crippen molar-refractivity contribution >= 4 is 0 Å². The standard InChI is InChI=1S/C15H15NO3/c17-14-7-13(19-10-15(14)18)9-16-6-5-11-3-1-2-4-12(11)8-16/h1-4,7,10,18H,5-6,8-9H2. The largest absolute Gasteiger partial charge is 0.868 e. The Morgan fingerprint density at radius 2 is 2.05 bits per heavy atom. The van der Waals surface area contributed by atoms with Crippen molar-refractivity contribution in [3.8, 4) is 5.75 Å². The molecule has 0 bridgehead atoms. The van der Waals surface area contributed by atoms with Gasteiger partial charge in [-0.1, -0.05) is 24.3 Å². The summed E-state index contributed by atoms with van der Waals surface area (Å²) < 4.78 is 5.20. The van der Waals surface area contributed by atoms with Crippen molar-refractivity contribution in [2.24, 2.45) is 0 Å². The SMILES string of the molecule is O=c1cc(C[NH+]2CCc3ccccc3C2)occ1[O-]. The van der Waals surface area contributed by atoms with Gasteiger partial charge in [0.15, 0.2) is 11.2 Å². The maximum absolute atomic E-state index is 11.3. The zero-order valence-corrected chi connectivity index (χ0v) is 10.5. The number of hydrogen-bond donors (Lipinski definition) is 1. The van der Waals surface area contributed by atoms with Gasteiger partial charge >= 0.3 is 0 Å². The first kappa shape index (κ1) is 12.0. The van der Waals surface area contributed by atoms with Crippen LogP contribution in [0.25, 0.3) is 0 Å². The number of rotatable bonds is 2. The van der Waals surface area contributed by atoms with Gasteiger partial charge < -0.3 is 14.4 Å². The molecular weight excluding hydrogens is 242 g/mol. The maximum Gasteiger partial charge on any atom is 0.177 e. The quantitative estimate of drug-likeness (QED) is 0.814. The average Bonchev–Trinajstić information content (AvgIpc) is 2.43. The van der Waals surface area contributed by atoms with Gasteiger partial charge in [0.25, 0.3) is 0 Å². The lowest BCUT2D eigenvalue weighted by atomic mass is 10.00. The van der Waals surface area contributed by atoms with Crippen LogP contribution >= 0.6 is 0 Å². The Bertz CT molecular complexity index is 648. The molecule has 2 aromatic rings. The first-order valence-corrected chi connectivity index (χ1v) is 6.41. The van der Waals surface area contributed by atoms with Crippen LogP contribution in [0.5, 0.6) is 5.75 Å². The molecule has 0 fully saturated rings. The summed E-state index contributed by atoms with van der Waals surface area (Å²) in [5, 5.41) is 11.0. The molecule has 19 heavy (non-hydrogen) atoms. The molecule has 4 heteroatoms. The molecular formula is C15H15NO3. The number of fused-ring (bicyclic) bond motifs is 1. The minimum absolute atomic E-state index is 0.488. The minimum Gasteiger partial charge on any atom is -0.868 e. The molecule has 98 valence electrons. The lowest BCUT2D eigenvalue weighted by molar-refractivity contribution is -0.930. The molecule has 1 atom stereocenters. The molecule has 4 nitrogen and oxygen atoms in total. The fourth-order valence-electron chi connectivity index (χ4n) is 2.57. The smallest absolute Gasteiger partial charge is 0.177 e. The Labute approximate surface area is 110 Å². The number of quaternary nitrogens is 1. The van der Waals surface area contributed by atoms with Gasteiger partial charge in [0.2, 0.25) is 0 Å². The van der Waals surface area contributed by atoms with E-state index in [9.17, 15) is 9.90 Å². The van der Waals surface area contributed by atoms with Gasteiger partial charge in [0.05, 0.1) is 12.8 Å². The molecule has 2 heterocycles. The second-order valence-electron chi connectivity index (χ2n) is 4.95. The number of nitrogens with one attached hydrogen (secondary N) is 1. The molecule has 1 aromatic carbocycles. The summed E-state index contributed by atoms with van der Waals surface area (Å²) >= 11 is 0. The summed E-state index contributed by atoms with van der Waals surface area (Å²) in [4.78, 5) is 12.6. The van der Waals surface area contributed by atoms with E-state index >= 15 is 0 Å². The minimum atomic E-state index is -0.581. The molecule has 0 spiro atoms. The molecule has 0 radical (unpaired) electrons. The molecule has 3 rings (SSSR count). The van der Waals surface area contributed by atoms with Crippen molar-refractivity contribution in [1.29, 1.82) is 0 Å². The van der Waals surface area contributed by atoms with Gasteiger partial charge in [0.1, 0.15) is 13.1 Å². The van der Waals surface area contributed by atoms with Gasteiger partial charge in [-0.2, -0.15) is 0 Å². The van der Waals surface area contributed by atoms with Crippen LogP contribution in [-0.4, -0.2) is 6.54 Å². The third-order valence-corrected chi connectivity index (χ3v) is 3.58. The van der Waals surface area contributed by atoms with Crippen molar-refractivity contribution in [2.75, 3.05) is 6.54 Å². The number of benzene rings is 1. The van der Waals surface area contributed by atoms with Crippen LogP contribution in [0.15, 0.2) is 45.8 Å². The van der Waals surface area contributed by atoms with Crippen molar-refractivity contribution in [3.63, 3.8) is 0 Å². The predicted molar refractivity (Wildman–Crippen MR) is 67.8 cm³/mol. The van der Waals surface area contributed by atoms with Gasteiger partial charge in [-0.25, -0.2) is 0 Å². The highest BCUT2D eigenvalue weighted by Gasteiger charge is 2.19. The Morgan fingerprint density at radius 3 is 2.84 bits per heavy atom. The molecule has 1 aliphatic rings. The van der Waals surface area contributed by atoms with E-state index in [4.69, 9.17) is 4.42 Å². The Balaban J connectivity index is 1.75. The van der Waals surface area contributed by atoms with E-state index in [1.165, 1.54) is 22.1 Å². The third-order valence-electron chi connectivity index (χ3n) is 3.58. The van der Waals surface area contributed by atoms with Crippen molar-refractivity contribution in [3.05, 3.63) is 63.7 Å². The Kier molecular flexibility index (Phi) is 3.09. The zero-order valence-electron chi connectivity index (χ0n) is 10.5. The summed E-state index contributed by atoms with van der Waals surface area (Å²) in [5.74, 6) is 0.00159. The van der Waals surface area contributed by atoms with E-state index in [2.05, 4.69) is 18.2 Å². The molecule has 0 saturated carbocycles. The van der Waals surface area contributed by atoms with Gasteiger partial charge in [-0.3, -0.25) is 4.79 Å². The van der Waals surface area contributed by atoms with E-state index in [-0.39, 0.29) is 0 Å². The Hall–Kier alpha value is -2.07. The summed E-state index contributed by atoms with van der Waals surface area (Å²) in [5.41, 5.74) is 2.27. The van der Waals surface area contributed by atoms with Crippen LogP contribution in [0.3, 0.4) is 0 Å². The molecule has 0 saturated heterocycles. The van der Waals surface area contributed by atoms with Crippen LogP contribution in [0.4, 0.5) is 0 Å². The zero-order chi connectivity index (χ0) is 13.2. The van der Waals surface area contributed by atoms with Gasteiger partial charge in [-0.15, -0.1) is 0 Å². The summed E-state index contributed by atoms with van der Waals surface area (Å²) in [6.07, 6.45) is 2.05. The lowest BCUT2D eigenvalue weighted by Gasteiger charge is -2.25. The van der Waals surface area contributed by atoms with E-state index < -0.39 is 11.2 Å². The fraction of sp³-hybridized carbons (Fsp3) is 0.267. The van der Waals surface area contributed by atoms with Crippen LogP contribution in [0.1, 0.15) is 16.9 Å². The molecule has 0 amide bonds. The maximum atomic E-state index is 11.3. The van der Waals surface area contributed by atoms with E-state index in [0.29, 0.717) is 12.3 Å². The van der Waals surface area contributed by atoms with E-state index in [1.54, 1.807) is 0 Å². The summed E-state index contributed by atoms with van der Waals surface area (Å²) in [6.45, 7) is 2.59. The Morgan fingerprint density at radius 1 is 1.26 bits per heavy atom. The summed E-state index contributed by atoms with van der Waals surface area (Å²) in [6, 6.07) is 9.74. The van der Waals surface area contributed by atoms with Crippen LogP contribution in [0.2, 0.25) is 0 Å². The highest BCUT2D eigenvalue weighted by atomic mass is 16.4. The fourth-order valence-corrected chi connectivity index (χ4v) is 2.57. The lowest BCUT2D eigenvalue weighted by Crippen LogP contribution is -3.10. The van der Waals surface area contributed by atoms with Crippen LogP contribution < -0.4 is 15.4 Å². The van der Waals surface area contributed by atoms with Crippen molar-refractivity contribution in [1.82, 2.24) is 0 Å². The van der Waals surface area contributed by atoms with Crippen LogP contribution in [-0.2, 0) is 19.5 Å². The molecule has 1 N–H and O–H groups in total. The first-order chi connectivity index (χ1) is 9.22. The number of hydrogen-bond acceptors (Lipinski definition) is 3. The molecule has 0 aliphatic carbocycles. The highest BCUT2D eigenvalue weighted by molar-refractivity contribution is 5.27. The normalized spacial score (nSPS) is 18.0. The van der Waals surface area contributed by atoms with Crippen molar-refractivity contribution in [2.45, 2.75) is 19.5 Å². The second-order valence-corrected chi connectivity index (χ2v) is 4.95. The highest BCUT2D eigenvalue weighted by Crippen LogP contribution is 2.10. The van der Waals surface area contributed by atoms with Gasteiger partial charge in [0, 0.05) is 18.1 Å². The van der Waals surface area contributed by atoms with Gasteiger partial charge in [-0.05, 0) is 11.3 Å². The first-order valence-electron chi connectivity index (χ1n) is 6.41. The molecule has 1 unspecified atom stereocenters. The monoisotopic (exact) mass is 257 g/mol. The van der Waals surface area contributed by atoms with E-state index in [0.717, 1.165) is 25.8 Å². The van der Waals surface area contributed by atoms with E-state index in [1.807, 2.05) is 6.07 Å². The molecule has 1 aromatic heterocycles. The average molecular weight is 257 g/mol. The summed E-state index contributed by atoms with van der Waals surface area (Å²) in [7, 11) is 0.